The van der Waals surface area contributed by atoms with Crippen LogP contribution in [-0.4, -0.2) is 9.97 Å². The Kier molecular flexibility index (Phi) is 6.26. The monoisotopic (exact) mass is 646 g/mol. The Balaban J connectivity index is 1.20. The van der Waals surface area contributed by atoms with Gasteiger partial charge in [-0.05, 0) is 64.7 Å². The van der Waals surface area contributed by atoms with E-state index < -0.39 is 0 Å². The SMILES string of the molecule is c1ccc(-c2cccc(-c3cccc(-c4nc(-c5ccc6sc7ccccc7c6c5)c5ccc6c7ccccc7sc6c5n4)c3)c2)cc1. The van der Waals surface area contributed by atoms with Gasteiger partial charge in [0.05, 0.1) is 15.9 Å². The Morgan fingerprint density at radius 3 is 1.71 bits per heavy atom. The third kappa shape index (κ3) is 4.45. The summed E-state index contributed by atoms with van der Waals surface area (Å²) in [5.74, 6) is 0.735. The highest BCUT2D eigenvalue weighted by molar-refractivity contribution is 7.26. The first kappa shape index (κ1) is 27.4. The van der Waals surface area contributed by atoms with Crippen molar-refractivity contribution in [2.45, 2.75) is 0 Å². The molecule has 7 aromatic carbocycles. The molecule has 0 saturated carbocycles. The molecule has 0 atom stereocenters. The van der Waals surface area contributed by atoms with E-state index in [0.29, 0.717) is 0 Å². The van der Waals surface area contributed by atoms with E-state index in [2.05, 4.69) is 158 Å². The molecule has 48 heavy (non-hydrogen) atoms. The summed E-state index contributed by atoms with van der Waals surface area (Å²) in [5.41, 5.74) is 8.78. The van der Waals surface area contributed by atoms with Gasteiger partial charge in [-0.3, -0.25) is 0 Å². The van der Waals surface area contributed by atoms with E-state index in [9.17, 15) is 0 Å². The van der Waals surface area contributed by atoms with Crippen LogP contribution < -0.4 is 0 Å². The highest BCUT2D eigenvalue weighted by atomic mass is 32.1. The highest BCUT2D eigenvalue weighted by Crippen LogP contribution is 2.42. The molecule has 0 aliphatic rings. The zero-order chi connectivity index (χ0) is 31.6. The molecule has 0 bridgehead atoms. The van der Waals surface area contributed by atoms with Crippen molar-refractivity contribution in [2.24, 2.45) is 0 Å². The van der Waals surface area contributed by atoms with Crippen LogP contribution in [0.25, 0.3) is 96.1 Å². The van der Waals surface area contributed by atoms with E-state index in [1.54, 1.807) is 0 Å². The summed E-state index contributed by atoms with van der Waals surface area (Å²) >= 11 is 3.66. The summed E-state index contributed by atoms with van der Waals surface area (Å²) in [7, 11) is 0. The largest absolute Gasteiger partial charge is 0.227 e. The summed E-state index contributed by atoms with van der Waals surface area (Å²) in [6.07, 6.45) is 0. The molecule has 2 nitrogen and oxygen atoms in total. The second-order valence-corrected chi connectivity index (χ2v) is 14.3. The topological polar surface area (TPSA) is 25.8 Å². The second-order valence-electron chi connectivity index (χ2n) is 12.2. The number of aromatic nitrogens is 2. The third-order valence-corrected chi connectivity index (χ3v) is 11.6. The first-order valence-corrected chi connectivity index (χ1v) is 17.7. The van der Waals surface area contributed by atoms with Crippen molar-refractivity contribution in [3.05, 3.63) is 158 Å². The highest BCUT2D eigenvalue weighted by Gasteiger charge is 2.18. The van der Waals surface area contributed by atoms with Gasteiger partial charge in [0.2, 0.25) is 0 Å². The molecule has 4 heteroatoms. The first-order valence-electron chi connectivity index (χ1n) is 16.1. The minimum atomic E-state index is 0.735. The molecule has 0 spiro atoms. The molecule has 3 heterocycles. The van der Waals surface area contributed by atoms with Crippen LogP contribution in [0, 0.1) is 0 Å². The molecule has 0 N–H and O–H groups in total. The predicted molar refractivity (Wildman–Crippen MR) is 207 cm³/mol. The van der Waals surface area contributed by atoms with Gasteiger partial charge in [-0.1, -0.05) is 115 Å². The van der Waals surface area contributed by atoms with Crippen LogP contribution in [0.1, 0.15) is 0 Å². The van der Waals surface area contributed by atoms with Gasteiger partial charge in [0.15, 0.2) is 5.82 Å². The lowest BCUT2D eigenvalue weighted by Gasteiger charge is -2.12. The van der Waals surface area contributed by atoms with Crippen LogP contribution >= 0.6 is 22.7 Å². The quantitative estimate of drug-likeness (QED) is 0.190. The smallest absolute Gasteiger partial charge is 0.160 e. The molecule has 3 aromatic heterocycles. The Hall–Kier alpha value is -5.68. The Labute approximate surface area is 285 Å². The first-order chi connectivity index (χ1) is 23.8. The number of fused-ring (bicyclic) bond motifs is 8. The zero-order valence-electron chi connectivity index (χ0n) is 25.7. The van der Waals surface area contributed by atoms with Crippen LogP contribution in [-0.2, 0) is 0 Å². The van der Waals surface area contributed by atoms with Gasteiger partial charge in [0.25, 0.3) is 0 Å². The molecular weight excluding hydrogens is 621 g/mol. The summed E-state index contributed by atoms with van der Waals surface area (Å²) in [6, 6.07) is 56.6. The number of benzene rings is 7. The van der Waals surface area contributed by atoms with E-state index in [0.717, 1.165) is 39.1 Å². The van der Waals surface area contributed by atoms with Crippen LogP contribution in [0.4, 0.5) is 0 Å². The van der Waals surface area contributed by atoms with Gasteiger partial charge in [0, 0.05) is 52.2 Å². The number of rotatable bonds is 4. The minimum absolute atomic E-state index is 0.735. The maximum atomic E-state index is 5.37. The van der Waals surface area contributed by atoms with Crippen molar-refractivity contribution >= 4 is 73.9 Å². The van der Waals surface area contributed by atoms with Crippen LogP contribution in [0.5, 0.6) is 0 Å². The lowest BCUT2D eigenvalue weighted by molar-refractivity contribution is 1.24. The molecule has 0 saturated heterocycles. The molecule has 10 rings (SSSR count). The third-order valence-electron chi connectivity index (χ3n) is 9.29. The molecule has 0 aliphatic heterocycles. The Morgan fingerprint density at radius 1 is 0.333 bits per heavy atom. The number of nitrogens with zero attached hydrogens (tertiary/aromatic N) is 2. The van der Waals surface area contributed by atoms with Crippen LogP contribution in [0.15, 0.2) is 158 Å². The normalized spacial score (nSPS) is 11.8. The van der Waals surface area contributed by atoms with E-state index in [-0.39, 0.29) is 0 Å². The van der Waals surface area contributed by atoms with Gasteiger partial charge >= 0.3 is 0 Å². The Bertz CT molecular complexity index is 2850. The Morgan fingerprint density at radius 2 is 0.917 bits per heavy atom. The molecular formula is C44H26N2S2. The molecule has 0 unspecified atom stereocenters. The van der Waals surface area contributed by atoms with Gasteiger partial charge in [-0.25, -0.2) is 9.97 Å². The lowest BCUT2D eigenvalue weighted by Crippen LogP contribution is -1.96. The van der Waals surface area contributed by atoms with E-state index in [1.165, 1.54) is 57.0 Å². The maximum Gasteiger partial charge on any atom is 0.160 e. The average Bonchev–Trinajstić information content (AvgIpc) is 3.73. The summed E-state index contributed by atoms with van der Waals surface area (Å²) < 4.78 is 5.06. The molecule has 10 aromatic rings. The van der Waals surface area contributed by atoms with Crippen molar-refractivity contribution in [3.8, 4) is 44.9 Å². The van der Waals surface area contributed by atoms with Crippen molar-refractivity contribution in [3.63, 3.8) is 0 Å². The summed E-state index contributed by atoms with van der Waals surface area (Å²) in [6.45, 7) is 0. The van der Waals surface area contributed by atoms with Crippen molar-refractivity contribution in [2.75, 3.05) is 0 Å². The summed E-state index contributed by atoms with van der Waals surface area (Å²) in [4.78, 5) is 10.7. The predicted octanol–water partition coefficient (Wildman–Crippen LogP) is 13.0. The zero-order valence-corrected chi connectivity index (χ0v) is 27.4. The van der Waals surface area contributed by atoms with Gasteiger partial charge in [-0.15, -0.1) is 22.7 Å². The number of hydrogen-bond donors (Lipinski definition) is 0. The molecule has 224 valence electrons. The van der Waals surface area contributed by atoms with Crippen LogP contribution in [0.3, 0.4) is 0 Å². The fourth-order valence-corrected chi connectivity index (χ4v) is 9.22. The average molecular weight is 647 g/mol. The van der Waals surface area contributed by atoms with E-state index in [1.807, 2.05) is 22.7 Å². The fraction of sp³-hybridized carbons (Fsp3) is 0. The maximum absolute atomic E-state index is 5.37. The molecule has 0 radical (unpaired) electrons. The second kappa shape index (κ2) is 11.0. The lowest BCUT2D eigenvalue weighted by atomic mass is 9.97. The van der Waals surface area contributed by atoms with Crippen LogP contribution in [0.2, 0.25) is 0 Å². The fourth-order valence-electron chi connectivity index (χ4n) is 6.94. The standard InChI is InChI=1S/C44H26N2S2/c1-2-10-27(11-3-1)28-12-8-13-29(24-28)30-14-9-15-32(25-30)44-45-41(31-20-23-40-37(26-31)34-17-5-6-18-38(34)47-40)36-22-21-35-33-16-4-7-19-39(33)48-43(35)42(36)46-44/h1-26H. The van der Waals surface area contributed by atoms with E-state index >= 15 is 0 Å². The van der Waals surface area contributed by atoms with Crippen molar-refractivity contribution < 1.29 is 0 Å². The van der Waals surface area contributed by atoms with E-state index in [4.69, 9.17) is 9.97 Å². The molecule has 0 fully saturated rings. The number of hydrogen-bond acceptors (Lipinski definition) is 4. The van der Waals surface area contributed by atoms with Gasteiger partial charge < -0.3 is 0 Å². The minimum Gasteiger partial charge on any atom is -0.227 e. The molecule has 0 aliphatic carbocycles. The molecule has 0 amide bonds. The summed E-state index contributed by atoms with van der Waals surface area (Å²) in [5, 5.41) is 6.14. The number of thiophene rings is 2. The van der Waals surface area contributed by atoms with Gasteiger partial charge in [0.1, 0.15) is 0 Å². The van der Waals surface area contributed by atoms with Crippen molar-refractivity contribution in [1.82, 2.24) is 9.97 Å². The van der Waals surface area contributed by atoms with Crippen molar-refractivity contribution in [1.29, 1.82) is 0 Å². The van der Waals surface area contributed by atoms with Gasteiger partial charge in [-0.2, -0.15) is 0 Å².